The molecular weight excluding hydrogens is 373 g/mol. The smallest absolute Gasteiger partial charge is 0.274 e. The molecule has 2 aliphatic rings. The lowest BCUT2D eigenvalue weighted by atomic mass is 10.0. The van der Waals surface area contributed by atoms with Crippen LogP contribution in [0.15, 0.2) is 24.3 Å². The van der Waals surface area contributed by atoms with Gasteiger partial charge in [-0.1, -0.05) is 18.2 Å². The van der Waals surface area contributed by atoms with Crippen LogP contribution in [0.1, 0.15) is 53.5 Å². The number of hydrogen-bond acceptors (Lipinski definition) is 4. The molecule has 0 bridgehead atoms. The molecule has 1 saturated heterocycles. The summed E-state index contributed by atoms with van der Waals surface area (Å²) < 4.78 is 14.4. The van der Waals surface area contributed by atoms with E-state index in [1.165, 1.54) is 17.4 Å². The van der Waals surface area contributed by atoms with Crippen LogP contribution >= 0.6 is 23.7 Å². The van der Waals surface area contributed by atoms with Crippen LogP contribution in [0.25, 0.3) is 10.4 Å². The third-order valence-corrected chi connectivity index (χ3v) is 6.30. The van der Waals surface area contributed by atoms with Crippen molar-refractivity contribution >= 4 is 29.7 Å². The Kier molecular flexibility index (Phi) is 5.95. The average Bonchev–Trinajstić information content (AvgIpc) is 3.41. The first-order chi connectivity index (χ1) is 12.2. The summed E-state index contributed by atoms with van der Waals surface area (Å²) in [5, 5.41) is 0.961. The summed E-state index contributed by atoms with van der Waals surface area (Å²) in [4.78, 5) is 20.4. The van der Waals surface area contributed by atoms with Crippen molar-refractivity contribution in [1.82, 2.24) is 9.88 Å². The Morgan fingerprint density at radius 2 is 2.04 bits per heavy atom. The molecule has 0 spiro atoms. The molecule has 1 aliphatic heterocycles. The Morgan fingerprint density at radius 1 is 1.27 bits per heavy atom. The summed E-state index contributed by atoms with van der Waals surface area (Å²) in [5.74, 6) is 0.0249. The summed E-state index contributed by atoms with van der Waals surface area (Å²) in [6.45, 7) is 1.16. The van der Waals surface area contributed by atoms with Gasteiger partial charge in [-0.05, 0) is 38.2 Å². The highest BCUT2D eigenvalue weighted by Crippen LogP contribution is 2.45. The normalized spacial score (nSPS) is 19.9. The maximum absolute atomic E-state index is 14.4. The van der Waals surface area contributed by atoms with E-state index in [1.807, 2.05) is 4.90 Å². The number of aromatic nitrogens is 1. The molecule has 140 valence electrons. The van der Waals surface area contributed by atoms with Crippen molar-refractivity contribution in [3.63, 3.8) is 0 Å². The van der Waals surface area contributed by atoms with E-state index in [-0.39, 0.29) is 30.2 Å². The molecule has 1 aromatic heterocycles. The Balaban J connectivity index is 0.00000196. The highest BCUT2D eigenvalue weighted by molar-refractivity contribution is 7.15. The number of halogens is 2. The van der Waals surface area contributed by atoms with Gasteiger partial charge in [-0.15, -0.1) is 23.7 Å². The number of benzene rings is 1. The highest BCUT2D eigenvalue weighted by Gasteiger charge is 2.34. The molecule has 1 atom stereocenters. The van der Waals surface area contributed by atoms with Crippen molar-refractivity contribution in [2.45, 2.75) is 44.1 Å². The van der Waals surface area contributed by atoms with Crippen molar-refractivity contribution in [2.75, 3.05) is 13.1 Å². The summed E-state index contributed by atoms with van der Waals surface area (Å²) in [7, 11) is 0. The van der Waals surface area contributed by atoms with Crippen molar-refractivity contribution < 1.29 is 9.18 Å². The van der Waals surface area contributed by atoms with Gasteiger partial charge in [0.1, 0.15) is 11.5 Å². The molecule has 2 fully saturated rings. The number of carbonyl (C=O) groups excluding carboxylic acids is 1. The number of likely N-dealkylation sites (tertiary alicyclic amines) is 1. The third-order valence-electron chi connectivity index (χ3n) is 5.05. The lowest BCUT2D eigenvalue weighted by Crippen LogP contribution is -2.47. The van der Waals surface area contributed by atoms with E-state index in [4.69, 9.17) is 5.73 Å². The predicted octanol–water partition coefficient (Wildman–Crippen LogP) is 4.20. The fraction of sp³-hybridized carbons (Fsp3) is 0.474. The van der Waals surface area contributed by atoms with Gasteiger partial charge in [0.05, 0.1) is 9.88 Å². The largest absolute Gasteiger partial charge is 0.333 e. The van der Waals surface area contributed by atoms with Crippen molar-refractivity contribution in [1.29, 1.82) is 0 Å². The first kappa shape index (κ1) is 19.3. The van der Waals surface area contributed by atoms with Crippen molar-refractivity contribution in [3.8, 4) is 10.4 Å². The van der Waals surface area contributed by atoms with Gasteiger partial charge in [0.2, 0.25) is 0 Å². The first-order valence-corrected chi connectivity index (χ1v) is 9.77. The van der Waals surface area contributed by atoms with Gasteiger partial charge in [0, 0.05) is 30.6 Å². The summed E-state index contributed by atoms with van der Waals surface area (Å²) >= 11 is 1.47. The summed E-state index contributed by atoms with van der Waals surface area (Å²) in [6.07, 6.45) is 5.21. The Morgan fingerprint density at radius 3 is 2.73 bits per heavy atom. The number of thiazole rings is 1. The van der Waals surface area contributed by atoms with Gasteiger partial charge < -0.3 is 10.6 Å². The van der Waals surface area contributed by atoms with E-state index in [1.54, 1.807) is 18.2 Å². The number of hydrogen-bond donors (Lipinski definition) is 1. The maximum atomic E-state index is 14.4. The standard InChI is InChI=1S/C19H22FN3OS.ClH/c20-15-7-2-1-6-14(15)17-16(22-18(25-17)12-8-9-12)19(24)23-10-4-3-5-13(23)11-21;/h1-2,6-7,12-13H,3-5,8-11,21H2;1H/t13-;/m0./s1. The fourth-order valence-electron chi connectivity index (χ4n) is 3.46. The second kappa shape index (κ2) is 8.03. The Bertz CT molecular complexity index is 793. The van der Waals surface area contributed by atoms with Gasteiger partial charge in [0.15, 0.2) is 0 Å². The van der Waals surface area contributed by atoms with Crippen LogP contribution in [0.4, 0.5) is 4.39 Å². The SMILES string of the molecule is Cl.NC[C@@H]1CCCCN1C(=O)c1nc(C2CC2)sc1-c1ccccc1F. The molecule has 4 nitrogen and oxygen atoms in total. The fourth-order valence-corrected chi connectivity index (χ4v) is 4.72. The van der Waals surface area contributed by atoms with Crippen LogP contribution in [0, 0.1) is 5.82 Å². The minimum Gasteiger partial charge on any atom is -0.333 e. The van der Waals surface area contributed by atoms with Crippen molar-refractivity contribution in [2.24, 2.45) is 5.73 Å². The van der Waals surface area contributed by atoms with Crippen LogP contribution < -0.4 is 5.73 Å². The minimum absolute atomic E-state index is 0. The zero-order chi connectivity index (χ0) is 17.4. The van der Waals surface area contributed by atoms with E-state index < -0.39 is 0 Å². The Hall–Kier alpha value is -1.50. The van der Waals surface area contributed by atoms with Crippen LogP contribution in [-0.4, -0.2) is 34.9 Å². The molecule has 0 radical (unpaired) electrons. The predicted molar refractivity (Wildman–Crippen MR) is 104 cm³/mol. The monoisotopic (exact) mass is 395 g/mol. The number of amides is 1. The van der Waals surface area contributed by atoms with E-state index in [2.05, 4.69) is 4.98 Å². The van der Waals surface area contributed by atoms with Gasteiger partial charge in [-0.2, -0.15) is 0 Å². The molecule has 1 aliphatic carbocycles. The van der Waals surface area contributed by atoms with E-state index in [0.29, 0.717) is 35.1 Å². The number of nitrogens with two attached hydrogens (primary N) is 1. The minimum atomic E-state index is -0.309. The molecule has 7 heteroatoms. The summed E-state index contributed by atoms with van der Waals surface area (Å²) in [6, 6.07) is 6.68. The molecule has 2 heterocycles. The quantitative estimate of drug-likeness (QED) is 0.843. The zero-order valence-electron chi connectivity index (χ0n) is 14.5. The van der Waals surface area contributed by atoms with Crippen LogP contribution in [-0.2, 0) is 0 Å². The van der Waals surface area contributed by atoms with E-state index >= 15 is 0 Å². The number of rotatable bonds is 4. The molecule has 4 rings (SSSR count). The molecule has 0 unspecified atom stereocenters. The average molecular weight is 396 g/mol. The lowest BCUT2D eigenvalue weighted by molar-refractivity contribution is 0.0618. The van der Waals surface area contributed by atoms with E-state index in [0.717, 1.165) is 37.1 Å². The zero-order valence-corrected chi connectivity index (χ0v) is 16.1. The van der Waals surface area contributed by atoms with Crippen LogP contribution in [0.3, 0.4) is 0 Å². The Labute approximate surface area is 163 Å². The maximum Gasteiger partial charge on any atom is 0.274 e. The van der Waals surface area contributed by atoms with Crippen LogP contribution in [0.2, 0.25) is 0 Å². The number of nitrogens with zero attached hydrogens (tertiary/aromatic N) is 2. The highest BCUT2D eigenvalue weighted by atomic mass is 35.5. The molecule has 1 saturated carbocycles. The van der Waals surface area contributed by atoms with Crippen LogP contribution in [0.5, 0.6) is 0 Å². The number of carbonyl (C=O) groups is 1. The first-order valence-electron chi connectivity index (χ1n) is 8.95. The van der Waals surface area contributed by atoms with Gasteiger partial charge in [-0.3, -0.25) is 4.79 Å². The third kappa shape index (κ3) is 3.63. The molecule has 2 aromatic rings. The van der Waals surface area contributed by atoms with Gasteiger partial charge in [-0.25, -0.2) is 9.37 Å². The second-order valence-corrected chi connectivity index (χ2v) is 7.90. The van der Waals surface area contributed by atoms with Gasteiger partial charge >= 0.3 is 0 Å². The number of piperidine rings is 1. The van der Waals surface area contributed by atoms with Gasteiger partial charge in [0.25, 0.3) is 5.91 Å². The van der Waals surface area contributed by atoms with Crippen molar-refractivity contribution in [3.05, 3.63) is 40.8 Å². The van der Waals surface area contributed by atoms with E-state index in [9.17, 15) is 9.18 Å². The molecule has 2 N–H and O–H groups in total. The summed E-state index contributed by atoms with van der Waals surface area (Å²) in [5.41, 5.74) is 6.74. The lowest BCUT2D eigenvalue weighted by Gasteiger charge is -2.34. The molecule has 1 amide bonds. The second-order valence-electron chi connectivity index (χ2n) is 6.87. The molecule has 1 aromatic carbocycles. The molecular formula is C19H23ClFN3OS. The molecule has 26 heavy (non-hydrogen) atoms. The topological polar surface area (TPSA) is 59.2 Å².